The van der Waals surface area contributed by atoms with Gasteiger partial charge in [0.05, 0.1) is 0 Å². The molecule has 0 radical (unpaired) electrons. The van der Waals surface area contributed by atoms with Crippen LogP contribution in [0.4, 0.5) is 27.6 Å². The standard InChI is InChI=1S/C17H16F5NO/c1-23(2)14-10-8-13(9-11-14)15(24,12-6-4-3-5-7-12)16(18,19)17(20,21)22/h3-11,24H,1-2H3. The maximum absolute atomic E-state index is 14.2. The molecule has 2 rings (SSSR count). The van der Waals surface area contributed by atoms with Crippen LogP contribution in [0.25, 0.3) is 0 Å². The van der Waals surface area contributed by atoms with E-state index in [1.165, 1.54) is 30.3 Å². The van der Waals surface area contributed by atoms with E-state index in [9.17, 15) is 27.1 Å². The lowest BCUT2D eigenvalue weighted by molar-refractivity contribution is -0.336. The number of aliphatic hydroxyl groups is 1. The van der Waals surface area contributed by atoms with Gasteiger partial charge in [-0.1, -0.05) is 42.5 Å². The van der Waals surface area contributed by atoms with Gasteiger partial charge in [0.1, 0.15) is 0 Å². The molecule has 0 aromatic heterocycles. The van der Waals surface area contributed by atoms with Crippen LogP contribution in [-0.4, -0.2) is 31.3 Å². The van der Waals surface area contributed by atoms with Crippen molar-refractivity contribution in [3.63, 3.8) is 0 Å². The van der Waals surface area contributed by atoms with Gasteiger partial charge >= 0.3 is 12.1 Å². The first-order chi connectivity index (χ1) is 11.0. The first-order valence-corrected chi connectivity index (χ1v) is 7.02. The molecule has 0 amide bonds. The van der Waals surface area contributed by atoms with Gasteiger partial charge in [-0.25, -0.2) is 0 Å². The Balaban J connectivity index is 2.68. The van der Waals surface area contributed by atoms with Crippen LogP contribution in [0.2, 0.25) is 0 Å². The van der Waals surface area contributed by atoms with Gasteiger partial charge in [-0.15, -0.1) is 0 Å². The molecule has 2 aromatic carbocycles. The first-order valence-electron chi connectivity index (χ1n) is 7.02. The Bertz CT molecular complexity index is 682. The van der Waals surface area contributed by atoms with Gasteiger partial charge in [0.25, 0.3) is 0 Å². The second kappa shape index (κ2) is 6.05. The topological polar surface area (TPSA) is 23.5 Å². The number of benzene rings is 2. The van der Waals surface area contributed by atoms with Crippen LogP contribution in [0.5, 0.6) is 0 Å². The molecule has 0 aliphatic heterocycles. The molecule has 0 spiro atoms. The lowest BCUT2D eigenvalue weighted by Crippen LogP contribution is -2.55. The van der Waals surface area contributed by atoms with Gasteiger partial charge in [0, 0.05) is 19.8 Å². The van der Waals surface area contributed by atoms with Gasteiger partial charge in [0.2, 0.25) is 0 Å². The number of hydrogen-bond acceptors (Lipinski definition) is 2. The van der Waals surface area contributed by atoms with Gasteiger partial charge in [-0.05, 0) is 23.3 Å². The van der Waals surface area contributed by atoms with E-state index in [-0.39, 0.29) is 0 Å². The Hall–Kier alpha value is -2.15. The predicted octanol–water partition coefficient (Wildman–Crippen LogP) is 4.19. The maximum Gasteiger partial charge on any atom is 0.457 e. The summed E-state index contributed by atoms with van der Waals surface area (Å²) in [6.07, 6.45) is -5.92. The molecule has 2 aromatic rings. The smallest absolute Gasteiger partial charge is 0.378 e. The molecule has 24 heavy (non-hydrogen) atoms. The summed E-state index contributed by atoms with van der Waals surface area (Å²) in [6.45, 7) is 0. The summed E-state index contributed by atoms with van der Waals surface area (Å²) in [7, 11) is 3.39. The minimum Gasteiger partial charge on any atom is -0.378 e. The van der Waals surface area contributed by atoms with Gasteiger partial charge in [-0.3, -0.25) is 0 Å². The van der Waals surface area contributed by atoms with Gasteiger partial charge < -0.3 is 10.0 Å². The number of nitrogens with zero attached hydrogens (tertiary/aromatic N) is 1. The second-order valence-electron chi connectivity index (χ2n) is 5.59. The average molecular weight is 345 g/mol. The minimum absolute atomic E-state index is 0.537. The average Bonchev–Trinajstić information content (AvgIpc) is 2.53. The second-order valence-corrected chi connectivity index (χ2v) is 5.59. The molecule has 1 N–H and O–H groups in total. The van der Waals surface area contributed by atoms with E-state index >= 15 is 0 Å². The summed E-state index contributed by atoms with van der Waals surface area (Å²) in [4.78, 5) is 1.66. The van der Waals surface area contributed by atoms with Gasteiger partial charge in [-0.2, -0.15) is 22.0 Å². The number of anilines is 1. The minimum atomic E-state index is -5.92. The van der Waals surface area contributed by atoms with Crippen LogP contribution in [0, 0.1) is 0 Å². The molecule has 1 atom stereocenters. The van der Waals surface area contributed by atoms with Gasteiger partial charge in [0.15, 0.2) is 5.60 Å². The SMILES string of the molecule is CN(C)c1ccc(C(O)(c2ccccc2)C(F)(F)C(F)(F)F)cc1. The fraction of sp³-hybridized carbons (Fsp3) is 0.294. The van der Waals surface area contributed by atoms with Crippen LogP contribution in [0.15, 0.2) is 54.6 Å². The summed E-state index contributed by atoms with van der Waals surface area (Å²) in [5.74, 6) is -5.37. The molecule has 0 saturated carbocycles. The van der Waals surface area contributed by atoms with Crippen molar-refractivity contribution in [1.82, 2.24) is 0 Å². The monoisotopic (exact) mass is 345 g/mol. The molecule has 1 unspecified atom stereocenters. The summed E-state index contributed by atoms with van der Waals surface area (Å²) >= 11 is 0. The fourth-order valence-corrected chi connectivity index (χ4v) is 2.41. The number of halogens is 5. The van der Waals surface area contributed by atoms with E-state index in [4.69, 9.17) is 0 Å². The zero-order valence-corrected chi connectivity index (χ0v) is 13.0. The third-order valence-electron chi connectivity index (χ3n) is 3.80. The Kier molecular flexibility index (Phi) is 4.59. The fourth-order valence-electron chi connectivity index (χ4n) is 2.41. The summed E-state index contributed by atoms with van der Waals surface area (Å²) in [5.41, 5.74) is -4.01. The third kappa shape index (κ3) is 2.84. The van der Waals surface area contributed by atoms with Crippen molar-refractivity contribution in [3.05, 3.63) is 65.7 Å². The van der Waals surface area contributed by atoms with E-state index in [0.717, 1.165) is 24.3 Å². The van der Waals surface area contributed by atoms with Crippen molar-refractivity contribution >= 4 is 5.69 Å². The van der Waals surface area contributed by atoms with Crippen LogP contribution in [-0.2, 0) is 5.60 Å². The lowest BCUT2D eigenvalue weighted by atomic mass is 9.80. The Morgan fingerprint density at radius 2 is 1.21 bits per heavy atom. The van der Waals surface area contributed by atoms with Crippen molar-refractivity contribution in [2.45, 2.75) is 17.7 Å². The van der Waals surface area contributed by atoms with Crippen molar-refractivity contribution in [2.24, 2.45) is 0 Å². The summed E-state index contributed by atoms with van der Waals surface area (Å²) < 4.78 is 67.4. The maximum atomic E-state index is 14.2. The zero-order chi connectivity index (χ0) is 18.2. The molecule has 2 nitrogen and oxygen atoms in total. The number of rotatable bonds is 4. The van der Waals surface area contributed by atoms with Crippen molar-refractivity contribution in [3.8, 4) is 0 Å². The molecule has 0 fully saturated rings. The van der Waals surface area contributed by atoms with E-state index in [1.807, 2.05) is 0 Å². The Morgan fingerprint density at radius 3 is 1.62 bits per heavy atom. The van der Waals surface area contributed by atoms with Crippen molar-refractivity contribution in [1.29, 1.82) is 0 Å². The van der Waals surface area contributed by atoms with E-state index in [0.29, 0.717) is 5.69 Å². The predicted molar refractivity (Wildman–Crippen MR) is 81.2 cm³/mol. The van der Waals surface area contributed by atoms with Crippen LogP contribution >= 0.6 is 0 Å². The quantitative estimate of drug-likeness (QED) is 0.840. The highest BCUT2D eigenvalue weighted by Gasteiger charge is 2.71. The highest BCUT2D eigenvalue weighted by molar-refractivity contribution is 5.49. The van der Waals surface area contributed by atoms with Crippen LogP contribution in [0.1, 0.15) is 11.1 Å². The highest BCUT2D eigenvalue weighted by atomic mass is 19.4. The molecule has 0 aliphatic rings. The first kappa shape index (κ1) is 18.2. The molecule has 0 bridgehead atoms. The molecular formula is C17H16F5NO. The third-order valence-corrected chi connectivity index (χ3v) is 3.80. The summed E-state index contributed by atoms with van der Waals surface area (Å²) in [5, 5.41) is 10.6. The molecule has 130 valence electrons. The number of hydrogen-bond donors (Lipinski definition) is 1. The van der Waals surface area contributed by atoms with E-state index < -0.39 is 28.8 Å². The molecule has 7 heteroatoms. The lowest BCUT2D eigenvalue weighted by Gasteiger charge is -2.37. The molecular weight excluding hydrogens is 329 g/mol. The normalized spacial score (nSPS) is 15.0. The van der Waals surface area contributed by atoms with Crippen molar-refractivity contribution in [2.75, 3.05) is 19.0 Å². The summed E-state index contributed by atoms with van der Waals surface area (Å²) in [6, 6.07) is 11.0. The molecule has 0 aliphatic carbocycles. The zero-order valence-electron chi connectivity index (χ0n) is 13.0. The van der Waals surface area contributed by atoms with Crippen LogP contribution < -0.4 is 4.90 Å². The largest absolute Gasteiger partial charge is 0.457 e. The molecule has 0 saturated heterocycles. The van der Waals surface area contributed by atoms with Crippen molar-refractivity contribution < 1.29 is 27.1 Å². The molecule has 0 heterocycles. The van der Waals surface area contributed by atoms with Crippen LogP contribution in [0.3, 0.4) is 0 Å². The van der Waals surface area contributed by atoms with E-state index in [2.05, 4.69) is 0 Å². The Labute approximate surface area is 136 Å². The Morgan fingerprint density at radius 1 is 0.750 bits per heavy atom. The number of alkyl halides is 5. The van der Waals surface area contributed by atoms with E-state index in [1.54, 1.807) is 19.0 Å². The highest BCUT2D eigenvalue weighted by Crippen LogP contribution is 2.51.